The first-order valence-electron chi connectivity index (χ1n) is 5.67. The fraction of sp³-hybridized carbons (Fsp3) is 0. The van der Waals surface area contributed by atoms with E-state index in [4.69, 9.17) is 29.6 Å². The lowest BCUT2D eigenvalue weighted by molar-refractivity contribution is 0.102. The molecule has 4 nitrogen and oxygen atoms in total. The molecule has 0 saturated heterocycles. The molecule has 0 fully saturated rings. The van der Waals surface area contributed by atoms with Crippen LogP contribution in [-0.4, -0.2) is 16.0 Å². The van der Waals surface area contributed by atoms with Gasteiger partial charge in [-0.25, -0.2) is 0 Å². The van der Waals surface area contributed by atoms with Crippen molar-refractivity contribution in [3.05, 3.63) is 58.6 Å². The molecule has 0 radical (unpaired) electrons. The molecule has 0 aliphatic carbocycles. The smallest absolute Gasteiger partial charge is 0.259 e. The Morgan fingerprint density at radius 2 is 1.95 bits per heavy atom. The first-order valence-corrected chi connectivity index (χ1v) is 6.46. The minimum Gasteiger partial charge on any atom is -0.507 e. The van der Waals surface area contributed by atoms with Gasteiger partial charge in [0.05, 0.1) is 16.3 Å². The second-order valence-corrected chi connectivity index (χ2v) is 4.88. The van der Waals surface area contributed by atoms with Crippen LogP contribution in [0, 0.1) is 0 Å². The van der Waals surface area contributed by atoms with Gasteiger partial charge in [0.2, 0.25) is 0 Å². The number of benzene rings is 2. The van der Waals surface area contributed by atoms with Crippen molar-refractivity contribution in [1.29, 1.82) is 0 Å². The summed E-state index contributed by atoms with van der Waals surface area (Å²) in [6.07, 6.45) is 0. The van der Waals surface area contributed by atoms with Gasteiger partial charge in [-0.15, -0.1) is 0 Å². The maximum Gasteiger partial charge on any atom is 0.259 e. The van der Waals surface area contributed by atoms with Crippen molar-refractivity contribution >= 4 is 40.4 Å². The van der Waals surface area contributed by atoms with Gasteiger partial charge in [0, 0.05) is 5.56 Å². The number of phenols is 1. The van der Waals surface area contributed by atoms with Crippen LogP contribution >= 0.6 is 23.8 Å². The third kappa shape index (κ3) is 3.07. The average Bonchev–Trinajstić information content (AvgIpc) is 2.41. The van der Waals surface area contributed by atoms with Crippen molar-refractivity contribution in [3.8, 4) is 5.75 Å². The molecule has 0 spiro atoms. The monoisotopic (exact) mass is 306 g/mol. The molecule has 20 heavy (non-hydrogen) atoms. The van der Waals surface area contributed by atoms with E-state index in [-0.39, 0.29) is 16.3 Å². The van der Waals surface area contributed by atoms with E-state index in [1.807, 2.05) is 0 Å². The highest BCUT2D eigenvalue weighted by molar-refractivity contribution is 7.80. The Kier molecular flexibility index (Phi) is 4.22. The number of halogens is 1. The van der Waals surface area contributed by atoms with E-state index in [1.165, 1.54) is 12.1 Å². The van der Waals surface area contributed by atoms with Crippen LogP contribution in [0.25, 0.3) is 0 Å². The Morgan fingerprint density at radius 1 is 1.25 bits per heavy atom. The van der Waals surface area contributed by atoms with Crippen molar-refractivity contribution in [2.75, 3.05) is 5.32 Å². The number of phenolic OH excluding ortho intramolecular Hbond substituents is 1. The van der Waals surface area contributed by atoms with Gasteiger partial charge < -0.3 is 16.2 Å². The fourth-order valence-electron chi connectivity index (χ4n) is 1.63. The number of para-hydroxylation sites is 1. The largest absolute Gasteiger partial charge is 0.507 e. The second-order valence-electron chi connectivity index (χ2n) is 4.03. The number of aromatic hydroxyl groups is 1. The number of hydrogen-bond donors (Lipinski definition) is 3. The zero-order valence-electron chi connectivity index (χ0n) is 10.3. The molecule has 0 unspecified atom stereocenters. The molecular formula is C14H11ClN2O2S. The molecule has 2 aromatic carbocycles. The molecule has 1 amide bonds. The number of thiocarbonyl (C=S) groups is 1. The standard InChI is InChI=1S/C14H11ClN2O2S/c15-10-7-8(13(16)20)5-6-11(10)17-14(19)9-3-1-2-4-12(9)18/h1-7,18H,(H2,16,20)(H,17,19). The number of hydrogen-bond acceptors (Lipinski definition) is 3. The second kappa shape index (κ2) is 5.90. The van der Waals surface area contributed by atoms with Gasteiger partial charge in [0.1, 0.15) is 10.7 Å². The minimum absolute atomic E-state index is 0.0964. The number of amides is 1. The van der Waals surface area contributed by atoms with Gasteiger partial charge in [-0.2, -0.15) is 0 Å². The van der Waals surface area contributed by atoms with Crippen LogP contribution in [-0.2, 0) is 0 Å². The molecule has 0 bridgehead atoms. The summed E-state index contributed by atoms with van der Waals surface area (Å²) < 4.78 is 0. The average molecular weight is 307 g/mol. The zero-order chi connectivity index (χ0) is 14.7. The third-order valence-electron chi connectivity index (χ3n) is 2.65. The highest BCUT2D eigenvalue weighted by Gasteiger charge is 2.12. The quantitative estimate of drug-likeness (QED) is 0.762. The van der Waals surface area contributed by atoms with Gasteiger partial charge in [-0.1, -0.05) is 36.0 Å². The number of nitrogens with one attached hydrogen (secondary N) is 1. The van der Waals surface area contributed by atoms with E-state index in [9.17, 15) is 9.90 Å². The van der Waals surface area contributed by atoms with Crippen LogP contribution in [0.2, 0.25) is 5.02 Å². The molecular weight excluding hydrogens is 296 g/mol. The number of anilines is 1. The molecule has 2 rings (SSSR count). The van der Waals surface area contributed by atoms with Crippen LogP contribution in [0.3, 0.4) is 0 Å². The molecule has 4 N–H and O–H groups in total. The Morgan fingerprint density at radius 3 is 2.55 bits per heavy atom. The predicted molar refractivity (Wildman–Crippen MR) is 83.4 cm³/mol. The summed E-state index contributed by atoms with van der Waals surface area (Å²) in [5.41, 5.74) is 6.70. The van der Waals surface area contributed by atoms with Crippen LogP contribution in [0.15, 0.2) is 42.5 Å². The lowest BCUT2D eigenvalue weighted by atomic mass is 10.1. The zero-order valence-corrected chi connectivity index (χ0v) is 11.8. The van der Waals surface area contributed by atoms with E-state index in [0.29, 0.717) is 16.3 Å². The van der Waals surface area contributed by atoms with Gasteiger partial charge in [-0.05, 0) is 30.3 Å². The lowest BCUT2D eigenvalue weighted by Crippen LogP contribution is -2.13. The Labute approximate surface area is 126 Å². The Balaban J connectivity index is 2.25. The predicted octanol–water partition coefficient (Wildman–Crippen LogP) is 2.93. The molecule has 0 aliphatic heterocycles. The van der Waals surface area contributed by atoms with E-state index >= 15 is 0 Å². The van der Waals surface area contributed by atoms with E-state index < -0.39 is 5.91 Å². The minimum atomic E-state index is -0.451. The van der Waals surface area contributed by atoms with E-state index in [0.717, 1.165) is 0 Å². The Hall–Kier alpha value is -2.11. The molecule has 0 aliphatic rings. The van der Waals surface area contributed by atoms with Crippen molar-refractivity contribution in [2.45, 2.75) is 0 Å². The summed E-state index contributed by atoms with van der Waals surface area (Å²) >= 11 is 10.9. The number of nitrogens with two attached hydrogens (primary N) is 1. The summed E-state index contributed by atoms with van der Waals surface area (Å²) in [5, 5.41) is 12.6. The number of carbonyl (C=O) groups is 1. The van der Waals surface area contributed by atoms with Crippen molar-refractivity contribution in [2.24, 2.45) is 5.73 Å². The van der Waals surface area contributed by atoms with E-state index in [1.54, 1.807) is 30.3 Å². The van der Waals surface area contributed by atoms with Crippen LogP contribution in [0.1, 0.15) is 15.9 Å². The normalized spacial score (nSPS) is 10.1. The van der Waals surface area contributed by atoms with Crippen LogP contribution < -0.4 is 11.1 Å². The van der Waals surface area contributed by atoms with Crippen LogP contribution in [0.5, 0.6) is 5.75 Å². The van der Waals surface area contributed by atoms with Crippen molar-refractivity contribution in [3.63, 3.8) is 0 Å². The van der Waals surface area contributed by atoms with Crippen molar-refractivity contribution < 1.29 is 9.90 Å². The summed E-state index contributed by atoms with van der Waals surface area (Å²) in [6.45, 7) is 0. The number of rotatable bonds is 3. The van der Waals surface area contributed by atoms with Crippen LogP contribution in [0.4, 0.5) is 5.69 Å². The lowest BCUT2D eigenvalue weighted by Gasteiger charge is -2.09. The molecule has 0 atom stereocenters. The Bertz CT molecular complexity index is 689. The number of carbonyl (C=O) groups excluding carboxylic acids is 1. The fourth-order valence-corrected chi connectivity index (χ4v) is 1.98. The maximum atomic E-state index is 12.0. The van der Waals surface area contributed by atoms with Gasteiger partial charge in [-0.3, -0.25) is 4.79 Å². The summed E-state index contributed by atoms with van der Waals surface area (Å²) in [4.78, 5) is 12.3. The highest BCUT2D eigenvalue weighted by atomic mass is 35.5. The third-order valence-corrected chi connectivity index (χ3v) is 3.20. The summed E-state index contributed by atoms with van der Waals surface area (Å²) in [5.74, 6) is -0.547. The maximum absolute atomic E-state index is 12.0. The molecule has 0 heterocycles. The van der Waals surface area contributed by atoms with Gasteiger partial charge in [0.15, 0.2) is 0 Å². The first kappa shape index (κ1) is 14.3. The van der Waals surface area contributed by atoms with Gasteiger partial charge in [0.25, 0.3) is 5.91 Å². The molecule has 0 aromatic heterocycles. The summed E-state index contributed by atoms with van der Waals surface area (Å²) in [7, 11) is 0. The topological polar surface area (TPSA) is 75.3 Å². The molecule has 6 heteroatoms. The molecule has 2 aromatic rings. The summed E-state index contributed by atoms with van der Waals surface area (Å²) in [6, 6.07) is 11.1. The SMILES string of the molecule is NC(=S)c1ccc(NC(=O)c2ccccc2O)c(Cl)c1. The first-order chi connectivity index (χ1) is 9.49. The molecule has 102 valence electrons. The van der Waals surface area contributed by atoms with E-state index in [2.05, 4.69) is 5.32 Å². The van der Waals surface area contributed by atoms with Gasteiger partial charge >= 0.3 is 0 Å². The molecule has 0 saturated carbocycles. The van der Waals surface area contributed by atoms with Crippen molar-refractivity contribution in [1.82, 2.24) is 0 Å². The highest BCUT2D eigenvalue weighted by Crippen LogP contribution is 2.25.